The number of ether oxygens (including phenoxy) is 2. The highest BCUT2D eigenvalue weighted by atomic mass is 79.9. The molecule has 0 aliphatic heterocycles. The summed E-state index contributed by atoms with van der Waals surface area (Å²) < 4.78 is 16.5. The Morgan fingerprint density at radius 2 is 1.17 bits per heavy atom. The lowest BCUT2D eigenvalue weighted by molar-refractivity contribution is -0.179. The van der Waals surface area contributed by atoms with Crippen molar-refractivity contribution in [3.05, 3.63) is 67.9 Å². The summed E-state index contributed by atoms with van der Waals surface area (Å²) in [4.78, 5) is 43.3. The molecular formula is C30H51Br8ClFN17O7. The second-order valence-corrected chi connectivity index (χ2v) is 15.9. The number of hydroxylamine groups is 1. The third-order valence-corrected chi connectivity index (χ3v) is 8.76. The summed E-state index contributed by atoms with van der Waals surface area (Å²) in [5, 5.41) is 40.5. The summed E-state index contributed by atoms with van der Waals surface area (Å²) in [5.74, 6) is 1.33. The Balaban J connectivity index is -0.000000123. The molecule has 0 radical (unpaired) electrons. The number of nitrogens with two attached hydrogens (primary N) is 1. The number of nitrogens with one attached hydrogen (secondary N) is 2. The second-order valence-electron chi connectivity index (χ2n) is 9.60. The van der Waals surface area contributed by atoms with Gasteiger partial charge in [-0.05, 0) is 148 Å². The Kier molecular flexibility index (Phi) is 53.4. The molecule has 5 aromatic heterocycles. The van der Waals surface area contributed by atoms with E-state index in [2.05, 4.69) is 182 Å². The summed E-state index contributed by atoms with van der Waals surface area (Å²) in [7, 11) is 11.8. The van der Waals surface area contributed by atoms with Crippen LogP contribution in [0.2, 0.25) is 0 Å². The predicted octanol–water partition coefficient (Wildman–Crippen LogP) is 7.64. The Labute approximate surface area is 444 Å². The zero-order chi connectivity index (χ0) is 47.5. The summed E-state index contributed by atoms with van der Waals surface area (Å²) in [6, 6.07) is 0. The van der Waals surface area contributed by atoms with Crippen molar-refractivity contribution in [3.8, 4) is 0 Å². The number of aliphatic hydroxyl groups excluding tert-OH is 2. The Morgan fingerprint density at radius 3 is 1.52 bits per heavy atom. The van der Waals surface area contributed by atoms with Gasteiger partial charge in [0.05, 0.1) is 31.1 Å². The molecule has 5 heterocycles. The molecule has 0 unspecified atom stereocenters. The van der Waals surface area contributed by atoms with E-state index >= 15 is 0 Å². The number of aliphatic hydroxyl groups is 2. The molecule has 0 atom stereocenters. The molecule has 64 heavy (non-hydrogen) atoms. The Hall–Kier alpha value is -1.77. The van der Waals surface area contributed by atoms with Crippen LogP contribution in [0.5, 0.6) is 0 Å². The van der Waals surface area contributed by atoms with Crippen LogP contribution < -0.4 is 16.9 Å². The third-order valence-electron chi connectivity index (χ3n) is 4.79. The number of aliphatic imine (C=N–C) groups is 2. The molecule has 9 N–H and O–H groups in total. The number of methoxy groups -OCH3 is 2. The molecule has 0 saturated heterocycles. The minimum absolute atomic E-state index is 0. The van der Waals surface area contributed by atoms with Crippen molar-refractivity contribution in [2.45, 2.75) is 20.8 Å². The van der Waals surface area contributed by atoms with Crippen LogP contribution in [0.4, 0.5) is 22.2 Å². The quantitative estimate of drug-likeness (QED) is 0.0336. The maximum absolute atomic E-state index is 8.21. The number of nitrogen functional groups attached to an aromatic ring is 1. The zero-order valence-electron chi connectivity index (χ0n) is 34.1. The molecule has 5 rings (SSSR count). The molecule has 0 aromatic carbocycles. The van der Waals surface area contributed by atoms with E-state index in [0.29, 0.717) is 55.3 Å². The highest BCUT2D eigenvalue weighted by Crippen LogP contribution is 2.22. The van der Waals surface area contributed by atoms with E-state index in [1.807, 2.05) is 38.0 Å². The van der Waals surface area contributed by atoms with Gasteiger partial charge in [0.15, 0.2) is 36.9 Å². The average molecular weight is 1460 g/mol. The summed E-state index contributed by atoms with van der Waals surface area (Å²) >= 11 is 25.5. The van der Waals surface area contributed by atoms with E-state index in [-0.39, 0.29) is 39.0 Å². The lowest BCUT2D eigenvalue weighted by Gasteiger charge is -2.19. The number of hydrogen-bond donors (Lipinski definition) is 8. The van der Waals surface area contributed by atoms with Gasteiger partial charge in [-0.15, -0.1) is 12.4 Å². The van der Waals surface area contributed by atoms with Crippen molar-refractivity contribution in [1.29, 1.82) is 0 Å². The van der Waals surface area contributed by atoms with Gasteiger partial charge in [0, 0.05) is 43.5 Å². The number of nitrogens with zero attached hydrogens (tertiary/aromatic N) is 14. The van der Waals surface area contributed by atoms with E-state index in [4.69, 9.17) is 41.0 Å². The molecule has 34 heteroatoms. The number of halogens is 10. The molecule has 0 fully saturated rings. The van der Waals surface area contributed by atoms with Gasteiger partial charge in [-0.3, -0.25) is 30.7 Å². The van der Waals surface area contributed by atoms with Crippen molar-refractivity contribution in [2.75, 3.05) is 61.9 Å². The minimum atomic E-state index is -0.213. The maximum Gasteiger partial charge on any atom is 0.217 e. The van der Waals surface area contributed by atoms with Crippen molar-refractivity contribution in [2.24, 2.45) is 9.98 Å². The van der Waals surface area contributed by atoms with Crippen molar-refractivity contribution < 1.29 is 41.4 Å². The molecule has 0 bridgehead atoms. The molecule has 0 amide bonds. The fraction of sp³-hybridized carbons (Fsp3) is 0.367. The van der Waals surface area contributed by atoms with Gasteiger partial charge in [0.1, 0.15) is 35.7 Å². The highest BCUT2D eigenvalue weighted by molar-refractivity contribution is 9.11. The molecule has 368 valence electrons. The monoisotopic (exact) mass is 1450 g/mol. The van der Waals surface area contributed by atoms with Crippen LogP contribution in [-0.4, -0.2) is 160 Å². The van der Waals surface area contributed by atoms with E-state index in [1.54, 1.807) is 56.1 Å². The van der Waals surface area contributed by atoms with Crippen LogP contribution in [0, 0.1) is 0 Å². The molecular weight excluding hydrogens is 1400 g/mol. The smallest absolute Gasteiger partial charge is 0.217 e. The van der Waals surface area contributed by atoms with Crippen molar-refractivity contribution in [3.63, 3.8) is 0 Å². The first-order valence-corrected chi connectivity index (χ1v) is 21.9. The molecule has 24 nitrogen and oxygen atoms in total. The first kappa shape index (κ1) is 73.8. The van der Waals surface area contributed by atoms with Crippen LogP contribution in [0.3, 0.4) is 0 Å². The summed E-state index contributed by atoms with van der Waals surface area (Å²) in [6.07, 6.45) is 10.4. The predicted molar refractivity (Wildman–Crippen MR) is 276 cm³/mol. The largest absolute Gasteiger partial charge is 0.400 e. The van der Waals surface area contributed by atoms with Crippen LogP contribution in [0.1, 0.15) is 15.8 Å². The first-order chi connectivity index (χ1) is 28.9. The second kappa shape index (κ2) is 46.3. The number of hydrogen-bond acceptors (Lipinski definition) is 21. The van der Waals surface area contributed by atoms with E-state index in [9.17, 15) is 0 Å². The Bertz CT molecular complexity index is 1940. The third kappa shape index (κ3) is 35.4. The topological polar surface area (TPSA) is 321 Å². The van der Waals surface area contributed by atoms with Crippen LogP contribution in [0.15, 0.2) is 77.9 Å². The fourth-order valence-corrected chi connectivity index (χ4v) is 5.10. The normalized spacial score (nSPS) is 9.42. The SMILES string of the molecule is Brc1ncc(Br)n2ncnc12.C.CCO.CN(C)C=Nc1nc(Br)cnc1Br.CO.COC(OC)N(C)C.Cl.F.Nc1nc(Br)cnc1Br.ONC=Nc1nc(Br)cnc1Br.ONO.[2HH]. The lowest BCUT2D eigenvalue weighted by Crippen LogP contribution is -2.30. The van der Waals surface area contributed by atoms with Gasteiger partial charge >= 0.3 is 0 Å². The van der Waals surface area contributed by atoms with Gasteiger partial charge in [0.25, 0.3) is 0 Å². The van der Waals surface area contributed by atoms with Crippen molar-refractivity contribution in [1.82, 2.24) is 70.4 Å². The van der Waals surface area contributed by atoms with E-state index in [1.165, 1.54) is 12.5 Å². The van der Waals surface area contributed by atoms with Crippen molar-refractivity contribution >= 4 is 176 Å². The maximum atomic E-state index is 8.21. The molecule has 0 spiro atoms. The zero-order valence-corrected chi connectivity index (χ0v) is 47.6. The van der Waals surface area contributed by atoms with E-state index in [0.717, 1.165) is 23.7 Å². The minimum Gasteiger partial charge on any atom is -0.400 e. The molecule has 0 aliphatic rings. The Morgan fingerprint density at radius 1 is 0.766 bits per heavy atom. The standard InChI is InChI=1S/C7H8Br2N4.C5H4Br2N4O.C5H2Br2N4.C5H13NO2.C4H3Br2N3.C2H6O.CH4O.CH4.ClH.FH.H3NO2.H2/c1-13(2)4-11-7-6(9)10-3-5(8)12-7;6-3-1-8-4(7)5(11-3)9-2-10-12;6-3-1-8-4(7)5-9-2-10-11(3)5;1-6(2)5(7-3)8-4;5-2-1-8-3(6)4(7)9-2;1-2-3;1-2;;;;2-1-3;/h3-4H,1-2H3;1-2,12H,(H,9,10,11);1-2H;5H,1-4H3;1H,(H2,7,9);3H,2H2,1H3;2H,1H3;1H4;2*1H;1-3H;1H/i;;;;;;;;;;;1+1. The molecule has 0 aliphatic carbocycles. The van der Waals surface area contributed by atoms with Gasteiger partial charge in [-0.2, -0.15) is 5.10 Å². The average Bonchev–Trinajstić information content (AvgIpc) is 3.73. The van der Waals surface area contributed by atoms with Gasteiger partial charge in [-0.1, -0.05) is 13.1 Å². The fourth-order valence-electron chi connectivity index (χ4n) is 2.76. The summed E-state index contributed by atoms with van der Waals surface area (Å²) in [5.41, 5.74) is 8.60. The van der Waals surface area contributed by atoms with Crippen LogP contribution in [0.25, 0.3) is 5.65 Å². The molecule has 5 aromatic rings. The number of aromatic nitrogens is 10. The first-order valence-electron chi connectivity index (χ1n) is 15.6. The number of fused-ring (bicyclic) bond motifs is 1. The van der Waals surface area contributed by atoms with Crippen LogP contribution >= 0.6 is 140 Å². The van der Waals surface area contributed by atoms with Gasteiger partial charge in [-0.25, -0.2) is 54.4 Å². The number of anilines is 1. The number of rotatable bonds is 7. The van der Waals surface area contributed by atoms with Crippen LogP contribution in [-0.2, 0) is 9.47 Å². The van der Waals surface area contributed by atoms with Gasteiger partial charge in [0.2, 0.25) is 6.41 Å². The van der Waals surface area contributed by atoms with Gasteiger partial charge < -0.3 is 30.3 Å². The molecule has 0 saturated carbocycles. The van der Waals surface area contributed by atoms with E-state index < -0.39 is 0 Å². The summed E-state index contributed by atoms with van der Waals surface area (Å²) in [6.45, 7) is 1.93. The highest BCUT2D eigenvalue weighted by Gasteiger charge is 2.06. The lowest BCUT2D eigenvalue weighted by atomic mass is 10.7.